The molecule has 0 radical (unpaired) electrons. The SMILES string of the molecule is CCCCC[C@H](N)CC(=O)N[C@@H](CCCCC)CC(=O)NCC(=O)O. The van der Waals surface area contributed by atoms with Crippen LogP contribution in [0.1, 0.15) is 78.1 Å². The van der Waals surface area contributed by atoms with Crippen molar-refractivity contribution in [2.24, 2.45) is 5.73 Å². The average Bonchev–Trinajstić information content (AvgIpc) is 2.53. The van der Waals surface area contributed by atoms with Crippen LogP contribution in [-0.2, 0) is 14.4 Å². The normalized spacial score (nSPS) is 13.1. The highest BCUT2D eigenvalue weighted by Gasteiger charge is 2.18. The number of nitrogens with one attached hydrogen (secondary N) is 2. The third-order valence-electron chi connectivity index (χ3n) is 4.02. The molecule has 7 nitrogen and oxygen atoms in total. The molecule has 7 heteroatoms. The van der Waals surface area contributed by atoms with Gasteiger partial charge < -0.3 is 21.5 Å². The molecule has 0 aromatic carbocycles. The van der Waals surface area contributed by atoms with Gasteiger partial charge in [0.1, 0.15) is 6.54 Å². The van der Waals surface area contributed by atoms with Gasteiger partial charge in [-0.05, 0) is 12.8 Å². The smallest absolute Gasteiger partial charge is 0.322 e. The molecule has 2 amide bonds. The van der Waals surface area contributed by atoms with Crippen molar-refractivity contribution in [1.82, 2.24) is 10.6 Å². The second-order valence-corrected chi connectivity index (χ2v) is 6.59. The number of carboxylic acids is 1. The molecular weight excluding hydrogens is 322 g/mol. The molecule has 0 rings (SSSR count). The highest BCUT2D eigenvalue weighted by molar-refractivity contribution is 5.82. The molecule has 2 atom stereocenters. The fourth-order valence-electron chi connectivity index (χ4n) is 2.62. The number of carbonyl (C=O) groups is 3. The minimum absolute atomic E-state index is 0.0911. The highest BCUT2D eigenvalue weighted by Crippen LogP contribution is 2.09. The quantitative estimate of drug-likeness (QED) is 0.334. The van der Waals surface area contributed by atoms with Gasteiger partial charge in [-0.1, -0.05) is 52.4 Å². The van der Waals surface area contributed by atoms with Crippen molar-refractivity contribution in [2.45, 2.75) is 90.1 Å². The summed E-state index contributed by atoms with van der Waals surface area (Å²) in [6.07, 6.45) is 8.10. The zero-order valence-electron chi connectivity index (χ0n) is 15.7. The average molecular weight is 357 g/mol. The van der Waals surface area contributed by atoms with Crippen molar-refractivity contribution in [3.63, 3.8) is 0 Å². The predicted octanol–water partition coefficient (Wildman–Crippen LogP) is 1.94. The fourth-order valence-corrected chi connectivity index (χ4v) is 2.62. The van der Waals surface area contributed by atoms with Gasteiger partial charge in [-0.25, -0.2) is 0 Å². The summed E-state index contributed by atoms with van der Waals surface area (Å²) in [6.45, 7) is 3.80. The first kappa shape index (κ1) is 23.4. The second-order valence-electron chi connectivity index (χ2n) is 6.59. The third kappa shape index (κ3) is 14.4. The summed E-state index contributed by atoms with van der Waals surface area (Å²) in [5.41, 5.74) is 5.99. The van der Waals surface area contributed by atoms with E-state index in [1.165, 1.54) is 0 Å². The first-order chi connectivity index (χ1) is 11.9. The monoisotopic (exact) mass is 357 g/mol. The number of unbranched alkanes of at least 4 members (excludes halogenated alkanes) is 4. The van der Waals surface area contributed by atoms with Crippen LogP contribution in [0.15, 0.2) is 0 Å². The first-order valence-corrected chi connectivity index (χ1v) is 9.42. The maximum absolute atomic E-state index is 12.2. The zero-order chi connectivity index (χ0) is 19.1. The van der Waals surface area contributed by atoms with Crippen LogP contribution in [0.25, 0.3) is 0 Å². The van der Waals surface area contributed by atoms with Gasteiger partial charge in [-0.2, -0.15) is 0 Å². The van der Waals surface area contributed by atoms with Gasteiger partial charge in [-0.15, -0.1) is 0 Å². The molecule has 0 aromatic rings. The van der Waals surface area contributed by atoms with Crippen molar-refractivity contribution in [3.05, 3.63) is 0 Å². The van der Waals surface area contributed by atoms with Crippen LogP contribution in [0.5, 0.6) is 0 Å². The maximum atomic E-state index is 12.2. The number of hydrogen-bond acceptors (Lipinski definition) is 4. The van der Waals surface area contributed by atoms with E-state index in [1.807, 2.05) is 0 Å². The van der Waals surface area contributed by atoms with E-state index in [0.29, 0.717) is 6.42 Å². The third-order valence-corrected chi connectivity index (χ3v) is 4.02. The number of carbonyl (C=O) groups excluding carboxylic acids is 2. The van der Waals surface area contributed by atoms with E-state index >= 15 is 0 Å². The molecule has 0 saturated carbocycles. The number of nitrogens with two attached hydrogens (primary N) is 1. The Morgan fingerprint density at radius 2 is 1.52 bits per heavy atom. The van der Waals surface area contributed by atoms with Gasteiger partial charge in [0.25, 0.3) is 0 Å². The van der Waals surface area contributed by atoms with Gasteiger partial charge >= 0.3 is 5.97 Å². The number of rotatable bonds is 15. The minimum atomic E-state index is -1.09. The Labute approximate surface area is 151 Å². The predicted molar refractivity (Wildman–Crippen MR) is 98.1 cm³/mol. The summed E-state index contributed by atoms with van der Waals surface area (Å²) < 4.78 is 0. The lowest BCUT2D eigenvalue weighted by atomic mass is 10.0. The zero-order valence-corrected chi connectivity index (χ0v) is 15.7. The van der Waals surface area contributed by atoms with Gasteiger partial charge in [0, 0.05) is 24.9 Å². The van der Waals surface area contributed by atoms with Crippen LogP contribution in [0.3, 0.4) is 0 Å². The lowest BCUT2D eigenvalue weighted by Crippen LogP contribution is -2.42. The van der Waals surface area contributed by atoms with Crippen LogP contribution in [0.2, 0.25) is 0 Å². The first-order valence-electron chi connectivity index (χ1n) is 9.42. The summed E-state index contributed by atoms with van der Waals surface area (Å²) in [6, 6.07) is -0.445. The summed E-state index contributed by atoms with van der Waals surface area (Å²) in [7, 11) is 0. The number of carboxylic acid groups (broad SMARTS) is 1. The lowest BCUT2D eigenvalue weighted by Gasteiger charge is -2.20. The lowest BCUT2D eigenvalue weighted by molar-refractivity contribution is -0.138. The molecule has 5 N–H and O–H groups in total. The van der Waals surface area contributed by atoms with Gasteiger partial charge in [0.05, 0.1) is 0 Å². The number of hydrogen-bond donors (Lipinski definition) is 4. The standard InChI is InChI=1S/C18H35N3O4/c1-3-5-7-9-14(19)11-17(23)21-15(10-8-6-4-2)12-16(22)20-13-18(24)25/h14-15H,3-13,19H2,1-2H3,(H,20,22)(H,21,23)(H,24,25)/t14-,15-/m0/s1. The Hall–Kier alpha value is -1.63. The van der Waals surface area contributed by atoms with E-state index in [0.717, 1.165) is 44.9 Å². The van der Waals surface area contributed by atoms with E-state index in [2.05, 4.69) is 24.5 Å². The van der Waals surface area contributed by atoms with E-state index in [1.54, 1.807) is 0 Å². The molecule has 0 aliphatic carbocycles. The number of amides is 2. The molecular formula is C18H35N3O4. The molecule has 0 aliphatic heterocycles. The largest absolute Gasteiger partial charge is 0.480 e. The molecule has 0 unspecified atom stereocenters. The summed E-state index contributed by atoms with van der Waals surface area (Å²) >= 11 is 0. The van der Waals surface area contributed by atoms with E-state index in [9.17, 15) is 14.4 Å². The highest BCUT2D eigenvalue weighted by atomic mass is 16.4. The van der Waals surface area contributed by atoms with Crippen molar-refractivity contribution in [1.29, 1.82) is 0 Å². The van der Waals surface area contributed by atoms with Crippen molar-refractivity contribution < 1.29 is 19.5 Å². The molecule has 0 aliphatic rings. The Morgan fingerprint density at radius 3 is 2.08 bits per heavy atom. The second kappa shape index (κ2) is 14.7. The molecule has 0 aromatic heterocycles. The van der Waals surface area contributed by atoms with Gasteiger partial charge in [-0.3, -0.25) is 14.4 Å². The Kier molecular flexibility index (Phi) is 13.7. The van der Waals surface area contributed by atoms with Crippen molar-refractivity contribution in [2.75, 3.05) is 6.54 Å². The van der Waals surface area contributed by atoms with E-state index < -0.39 is 12.5 Å². The molecule has 0 spiro atoms. The summed E-state index contributed by atoms with van der Waals surface area (Å²) in [5.74, 6) is -1.59. The van der Waals surface area contributed by atoms with E-state index in [-0.39, 0.29) is 36.7 Å². The molecule has 0 bridgehead atoms. The van der Waals surface area contributed by atoms with Crippen molar-refractivity contribution in [3.8, 4) is 0 Å². The topological polar surface area (TPSA) is 122 Å². The van der Waals surface area contributed by atoms with E-state index in [4.69, 9.17) is 10.8 Å². The Morgan fingerprint density at radius 1 is 0.920 bits per heavy atom. The van der Waals surface area contributed by atoms with Crippen LogP contribution < -0.4 is 16.4 Å². The van der Waals surface area contributed by atoms with Gasteiger partial charge in [0.15, 0.2) is 0 Å². The summed E-state index contributed by atoms with van der Waals surface area (Å²) in [4.78, 5) is 34.5. The molecule has 25 heavy (non-hydrogen) atoms. The Balaban J connectivity index is 4.37. The van der Waals surface area contributed by atoms with Crippen LogP contribution in [0, 0.1) is 0 Å². The maximum Gasteiger partial charge on any atom is 0.322 e. The molecule has 0 heterocycles. The molecule has 0 fully saturated rings. The fraction of sp³-hybridized carbons (Fsp3) is 0.833. The van der Waals surface area contributed by atoms with Gasteiger partial charge in [0.2, 0.25) is 11.8 Å². The Bertz CT molecular complexity index is 402. The van der Waals surface area contributed by atoms with Crippen LogP contribution in [-0.4, -0.2) is 41.5 Å². The minimum Gasteiger partial charge on any atom is -0.480 e. The number of aliphatic carboxylic acids is 1. The summed E-state index contributed by atoms with van der Waals surface area (Å²) in [5, 5.41) is 13.8. The molecule has 0 saturated heterocycles. The van der Waals surface area contributed by atoms with Crippen molar-refractivity contribution >= 4 is 17.8 Å². The van der Waals surface area contributed by atoms with Crippen LogP contribution >= 0.6 is 0 Å². The molecule has 146 valence electrons. The van der Waals surface area contributed by atoms with Crippen LogP contribution in [0.4, 0.5) is 0 Å².